The number of ketones is 1. The zero-order chi connectivity index (χ0) is 17.8. The van der Waals surface area contributed by atoms with Crippen LogP contribution in [0.1, 0.15) is 22.3 Å². The largest absolute Gasteiger partial charge is 0.457 e. The van der Waals surface area contributed by atoms with Gasteiger partial charge < -0.3 is 9.64 Å². The molecule has 128 valence electrons. The number of hydrogen-bond acceptors (Lipinski definition) is 4. The molecule has 0 saturated carbocycles. The van der Waals surface area contributed by atoms with E-state index in [1.54, 1.807) is 29.2 Å². The molecule has 0 aromatic heterocycles. The van der Waals surface area contributed by atoms with Crippen LogP contribution in [0.3, 0.4) is 0 Å². The fraction of sp³-hybridized carbons (Fsp3) is 0.250. The Hall–Kier alpha value is -2.95. The van der Waals surface area contributed by atoms with E-state index in [1.165, 1.54) is 0 Å². The van der Waals surface area contributed by atoms with E-state index in [1.807, 2.05) is 37.3 Å². The topological polar surface area (TPSA) is 63.7 Å². The molecule has 1 aliphatic rings. The summed E-state index contributed by atoms with van der Waals surface area (Å²) in [6, 6.07) is 16.2. The second-order valence-electron chi connectivity index (χ2n) is 6.14. The van der Waals surface area contributed by atoms with Crippen molar-refractivity contribution in [2.45, 2.75) is 13.3 Å². The molecular weight excluding hydrogens is 318 g/mol. The highest BCUT2D eigenvalue weighted by molar-refractivity contribution is 6.01. The minimum atomic E-state index is -0.544. The monoisotopic (exact) mass is 337 g/mol. The molecule has 1 amide bonds. The predicted octanol–water partition coefficient (Wildman–Crippen LogP) is 2.77. The Kier molecular flexibility index (Phi) is 4.93. The summed E-state index contributed by atoms with van der Waals surface area (Å²) >= 11 is 0. The van der Waals surface area contributed by atoms with Crippen molar-refractivity contribution < 1.29 is 19.1 Å². The zero-order valence-corrected chi connectivity index (χ0v) is 14.0. The van der Waals surface area contributed by atoms with Crippen LogP contribution in [0.5, 0.6) is 0 Å². The van der Waals surface area contributed by atoms with Gasteiger partial charge in [-0.3, -0.25) is 14.4 Å². The van der Waals surface area contributed by atoms with Crippen LogP contribution in [-0.2, 0) is 14.3 Å². The first kappa shape index (κ1) is 16.9. The Morgan fingerprint density at radius 1 is 1.08 bits per heavy atom. The molecule has 5 heteroatoms. The van der Waals surface area contributed by atoms with Crippen molar-refractivity contribution >= 4 is 23.3 Å². The van der Waals surface area contributed by atoms with E-state index in [2.05, 4.69) is 0 Å². The zero-order valence-electron chi connectivity index (χ0n) is 14.0. The summed E-state index contributed by atoms with van der Waals surface area (Å²) in [5.74, 6) is -1.42. The molecule has 0 spiro atoms. The van der Waals surface area contributed by atoms with Crippen molar-refractivity contribution in [3.63, 3.8) is 0 Å². The van der Waals surface area contributed by atoms with E-state index in [-0.39, 0.29) is 31.3 Å². The van der Waals surface area contributed by atoms with Crippen molar-refractivity contribution in [1.82, 2.24) is 0 Å². The van der Waals surface area contributed by atoms with Crippen LogP contribution in [0, 0.1) is 12.8 Å². The number of anilines is 1. The Morgan fingerprint density at radius 2 is 1.76 bits per heavy atom. The molecule has 2 aromatic rings. The van der Waals surface area contributed by atoms with Gasteiger partial charge in [-0.25, -0.2) is 0 Å². The van der Waals surface area contributed by atoms with Crippen LogP contribution in [0.15, 0.2) is 54.6 Å². The maximum absolute atomic E-state index is 12.2. The number of Topliss-reactive ketones (excluding diaryl/α,β-unsaturated/α-hetero) is 1. The molecule has 0 aliphatic carbocycles. The number of esters is 1. The normalized spacial score (nSPS) is 16.8. The van der Waals surface area contributed by atoms with Gasteiger partial charge in [-0.05, 0) is 19.1 Å². The van der Waals surface area contributed by atoms with Crippen LogP contribution in [0.4, 0.5) is 5.69 Å². The molecule has 3 rings (SSSR count). The fourth-order valence-corrected chi connectivity index (χ4v) is 2.80. The van der Waals surface area contributed by atoms with Gasteiger partial charge in [0.15, 0.2) is 12.4 Å². The molecule has 1 fully saturated rings. The molecule has 0 N–H and O–H groups in total. The van der Waals surface area contributed by atoms with Crippen molar-refractivity contribution in [2.24, 2.45) is 5.92 Å². The first-order valence-corrected chi connectivity index (χ1v) is 8.16. The van der Waals surface area contributed by atoms with Gasteiger partial charge >= 0.3 is 5.97 Å². The summed E-state index contributed by atoms with van der Waals surface area (Å²) < 4.78 is 5.13. The van der Waals surface area contributed by atoms with Gasteiger partial charge in [0.1, 0.15) is 0 Å². The highest BCUT2D eigenvalue weighted by atomic mass is 16.5. The number of ether oxygens (including phenoxy) is 1. The Balaban J connectivity index is 1.57. The molecule has 0 bridgehead atoms. The maximum Gasteiger partial charge on any atom is 0.311 e. The Bertz CT molecular complexity index is 783. The molecule has 25 heavy (non-hydrogen) atoms. The lowest BCUT2D eigenvalue weighted by atomic mass is 10.1. The summed E-state index contributed by atoms with van der Waals surface area (Å²) in [5, 5.41) is 0. The fourth-order valence-electron chi connectivity index (χ4n) is 2.80. The average Bonchev–Trinajstić information content (AvgIpc) is 3.02. The minimum absolute atomic E-state index is 0.103. The van der Waals surface area contributed by atoms with Gasteiger partial charge in [-0.15, -0.1) is 0 Å². The first-order chi connectivity index (χ1) is 12.0. The second kappa shape index (κ2) is 7.30. The molecule has 2 aromatic carbocycles. The number of hydrogen-bond donors (Lipinski definition) is 0. The molecule has 1 atom stereocenters. The summed E-state index contributed by atoms with van der Waals surface area (Å²) in [4.78, 5) is 38.0. The van der Waals surface area contributed by atoms with Gasteiger partial charge in [0.05, 0.1) is 5.92 Å². The van der Waals surface area contributed by atoms with Crippen molar-refractivity contribution in [3.05, 3.63) is 65.7 Å². The smallest absolute Gasteiger partial charge is 0.311 e. The molecule has 0 radical (unpaired) electrons. The summed E-state index contributed by atoms with van der Waals surface area (Å²) in [6.45, 7) is 1.94. The molecule has 1 saturated heterocycles. The SMILES string of the molecule is Cc1ccc(N2C[C@H](C(=O)OCC(=O)c3ccccc3)CC2=O)cc1. The summed E-state index contributed by atoms with van der Waals surface area (Å²) in [6.07, 6.45) is 0.103. The van der Waals surface area contributed by atoms with E-state index >= 15 is 0 Å². The van der Waals surface area contributed by atoms with E-state index in [9.17, 15) is 14.4 Å². The molecular formula is C20H19NO4. The van der Waals surface area contributed by atoms with Gasteiger partial charge in [-0.1, -0.05) is 48.0 Å². The van der Waals surface area contributed by atoms with Crippen molar-refractivity contribution in [3.8, 4) is 0 Å². The highest BCUT2D eigenvalue weighted by Crippen LogP contribution is 2.26. The third kappa shape index (κ3) is 3.94. The highest BCUT2D eigenvalue weighted by Gasteiger charge is 2.36. The van der Waals surface area contributed by atoms with Crippen LogP contribution < -0.4 is 4.90 Å². The van der Waals surface area contributed by atoms with Gasteiger partial charge in [0, 0.05) is 24.2 Å². The number of carbonyl (C=O) groups excluding carboxylic acids is 3. The number of amides is 1. The number of aryl methyl sites for hydroxylation is 1. The van der Waals surface area contributed by atoms with E-state index in [0.717, 1.165) is 11.3 Å². The second-order valence-corrected chi connectivity index (χ2v) is 6.14. The van der Waals surface area contributed by atoms with Crippen LogP contribution in [0.2, 0.25) is 0 Å². The van der Waals surface area contributed by atoms with E-state index in [4.69, 9.17) is 4.74 Å². The quantitative estimate of drug-likeness (QED) is 0.622. The predicted molar refractivity (Wildman–Crippen MR) is 93.4 cm³/mol. The summed E-state index contributed by atoms with van der Waals surface area (Å²) in [7, 11) is 0. The van der Waals surface area contributed by atoms with Crippen LogP contribution in [-0.4, -0.2) is 30.8 Å². The Labute approximate surface area is 146 Å². The number of benzene rings is 2. The maximum atomic E-state index is 12.2. The lowest BCUT2D eigenvalue weighted by molar-refractivity contribution is -0.147. The Morgan fingerprint density at radius 3 is 2.44 bits per heavy atom. The van der Waals surface area contributed by atoms with Gasteiger partial charge in [0.2, 0.25) is 5.91 Å². The third-order valence-electron chi connectivity index (χ3n) is 4.25. The number of rotatable bonds is 5. The molecule has 1 heterocycles. The lowest BCUT2D eigenvalue weighted by Crippen LogP contribution is -2.27. The van der Waals surface area contributed by atoms with Gasteiger partial charge in [0.25, 0.3) is 0 Å². The number of carbonyl (C=O) groups is 3. The molecule has 0 unspecified atom stereocenters. The number of nitrogens with zero attached hydrogens (tertiary/aromatic N) is 1. The van der Waals surface area contributed by atoms with Crippen molar-refractivity contribution in [1.29, 1.82) is 0 Å². The third-order valence-corrected chi connectivity index (χ3v) is 4.25. The van der Waals surface area contributed by atoms with Gasteiger partial charge in [-0.2, -0.15) is 0 Å². The van der Waals surface area contributed by atoms with Crippen LogP contribution >= 0.6 is 0 Å². The van der Waals surface area contributed by atoms with E-state index in [0.29, 0.717) is 5.56 Å². The average molecular weight is 337 g/mol. The van der Waals surface area contributed by atoms with E-state index < -0.39 is 11.9 Å². The standard InChI is InChI=1S/C20H19NO4/c1-14-7-9-17(10-8-14)21-12-16(11-19(21)23)20(24)25-13-18(22)15-5-3-2-4-6-15/h2-10,16H,11-13H2,1H3/t16-/m1/s1. The molecule has 1 aliphatic heterocycles. The minimum Gasteiger partial charge on any atom is -0.457 e. The summed E-state index contributed by atoms with van der Waals surface area (Å²) in [5.41, 5.74) is 2.37. The van der Waals surface area contributed by atoms with Crippen molar-refractivity contribution in [2.75, 3.05) is 18.1 Å². The lowest BCUT2D eigenvalue weighted by Gasteiger charge is -2.16. The first-order valence-electron chi connectivity index (χ1n) is 8.16. The molecule has 5 nitrogen and oxygen atoms in total. The van der Waals surface area contributed by atoms with Crippen LogP contribution in [0.25, 0.3) is 0 Å².